The molecule has 1 aromatic carbocycles. The number of nitrogens with one attached hydrogen (secondary N) is 2. The highest BCUT2D eigenvalue weighted by Crippen LogP contribution is 2.45. The third-order valence-electron chi connectivity index (χ3n) is 4.41. The molecule has 0 aliphatic carbocycles. The highest BCUT2D eigenvalue weighted by Gasteiger charge is 2.66. The minimum atomic E-state index is -5.31. The Hall–Kier alpha value is -2.77. The van der Waals surface area contributed by atoms with Gasteiger partial charge in [0.05, 0.1) is 15.8 Å². The molecular formula is C16H12F3N3O5S2. The number of nitrogens with zero attached hydrogens (tertiary/aromatic N) is 1. The number of phenolic OH excluding ortho intramolecular Hbond substituents is 1. The molecule has 2 aromatic rings. The molecule has 3 rings (SSSR count). The standard InChI is InChI=1S/C16H12F3N3O5S2/c17-16(18,19)15(25)11(13(24)10-2-1-5-29-10)12(20-14(28)21-15)7-3-4-9(23)8(6-7)22(26)27/h1-6,11-12,23,25H,(H2,20,21,28). The molecule has 1 fully saturated rings. The van der Waals surface area contributed by atoms with Crippen LogP contribution < -0.4 is 10.6 Å². The zero-order valence-corrected chi connectivity index (χ0v) is 15.8. The number of hydrogen-bond acceptors (Lipinski definition) is 7. The number of thiophene rings is 1. The van der Waals surface area contributed by atoms with Gasteiger partial charge in [-0.2, -0.15) is 13.2 Å². The molecule has 2 heterocycles. The summed E-state index contributed by atoms with van der Waals surface area (Å²) in [5.74, 6) is -3.91. The first-order valence-electron chi connectivity index (χ1n) is 7.88. The van der Waals surface area contributed by atoms with Gasteiger partial charge in [-0.3, -0.25) is 14.9 Å². The van der Waals surface area contributed by atoms with Crippen LogP contribution in [0.2, 0.25) is 0 Å². The number of aromatic hydroxyl groups is 1. The van der Waals surface area contributed by atoms with Crippen LogP contribution in [-0.2, 0) is 0 Å². The van der Waals surface area contributed by atoms with Gasteiger partial charge in [0.15, 0.2) is 16.6 Å². The van der Waals surface area contributed by atoms with Crippen molar-refractivity contribution in [3.63, 3.8) is 0 Å². The van der Waals surface area contributed by atoms with Crippen LogP contribution >= 0.6 is 23.6 Å². The Bertz CT molecular complexity index is 983. The summed E-state index contributed by atoms with van der Waals surface area (Å²) in [7, 11) is 0. The van der Waals surface area contributed by atoms with Crippen LogP contribution in [0.5, 0.6) is 5.75 Å². The van der Waals surface area contributed by atoms with E-state index in [0.717, 1.165) is 29.5 Å². The molecule has 3 atom stereocenters. The number of alkyl halides is 3. The van der Waals surface area contributed by atoms with E-state index in [1.807, 2.05) is 0 Å². The number of phenols is 1. The summed E-state index contributed by atoms with van der Waals surface area (Å²) in [5.41, 5.74) is -4.64. The van der Waals surface area contributed by atoms with Crippen LogP contribution in [0.15, 0.2) is 35.7 Å². The van der Waals surface area contributed by atoms with Crippen LogP contribution in [0.3, 0.4) is 0 Å². The number of Topliss-reactive ketones (excluding diaryl/α,β-unsaturated/α-hetero) is 1. The summed E-state index contributed by atoms with van der Waals surface area (Å²) in [6.07, 6.45) is -5.31. The van der Waals surface area contributed by atoms with E-state index in [1.165, 1.54) is 17.5 Å². The largest absolute Gasteiger partial charge is 0.502 e. The Morgan fingerprint density at radius 2 is 2.03 bits per heavy atom. The number of nitro groups is 1. The van der Waals surface area contributed by atoms with Gasteiger partial charge in [0.2, 0.25) is 5.72 Å². The summed E-state index contributed by atoms with van der Waals surface area (Å²) in [6, 6.07) is 4.04. The fraction of sp³-hybridized carbons (Fsp3) is 0.250. The Balaban J connectivity index is 2.19. The molecule has 1 saturated heterocycles. The average Bonchev–Trinajstić information content (AvgIpc) is 3.14. The zero-order valence-electron chi connectivity index (χ0n) is 14.1. The van der Waals surface area contributed by atoms with Gasteiger partial charge in [-0.25, -0.2) is 0 Å². The maximum atomic E-state index is 13.8. The smallest absolute Gasteiger partial charge is 0.437 e. The fourth-order valence-corrected chi connectivity index (χ4v) is 4.06. The molecule has 29 heavy (non-hydrogen) atoms. The molecule has 1 aliphatic rings. The predicted octanol–water partition coefficient (Wildman–Crippen LogP) is 2.63. The maximum Gasteiger partial charge on any atom is 0.437 e. The molecule has 154 valence electrons. The van der Waals surface area contributed by atoms with E-state index in [-0.39, 0.29) is 10.4 Å². The van der Waals surface area contributed by atoms with Gasteiger partial charge in [-0.05, 0) is 35.3 Å². The van der Waals surface area contributed by atoms with E-state index in [1.54, 1.807) is 5.32 Å². The van der Waals surface area contributed by atoms with Crippen molar-refractivity contribution in [2.75, 3.05) is 0 Å². The number of halogens is 3. The van der Waals surface area contributed by atoms with E-state index in [4.69, 9.17) is 12.2 Å². The first-order chi connectivity index (χ1) is 13.5. The fourth-order valence-electron chi connectivity index (χ4n) is 3.07. The lowest BCUT2D eigenvalue weighted by Gasteiger charge is -2.46. The second-order valence-corrected chi connectivity index (χ2v) is 7.52. The summed E-state index contributed by atoms with van der Waals surface area (Å²) in [4.78, 5) is 23.1. The number of carbonyl (C=O) groups excluding carboxylic acids is 1. The van der Waals surface area contributed by atoms with Crippen LogP contribution in [0.4, 0.5) is 18.9 Å². The van der Waals surface area contributed by atoms with Crippen LogP contribution in [0.1, 0.15) is 21.3 Å². The maximum absolute atomic E-state index is 13.8. The lowest BCUT2D eigenvalue weighted by molar-refractivity contribution is -0.386. The summed E-state index contributed by atoms with van der Waals surface area (Å²) >= 11 is 5.66. The van der Waals surface area contributed by atoms with Crippen molar-refractivity contribution in [2.24, 2.45) is 5.92 Å². The van der Waals surface area contributed by atoms with Crippen molar-refractivity contribution in [1.82, 2.24) is 10.6 Å². The van der Waals surface area contributed by atoms with Gasteiger partial charge in [-0.15, -0.1) is 11.3 Å². The monoisotopic (exact) mass is 447 g/mol. The van der Waals surface area contributed by atoms with E-state index < -0.39 is 51.1 Å². The van der Waals surface area contributed by atoms with Gasteiger partial charge in [0, 0.05) is 6.07 Å². The molecule has 0 saturated carbocycles. The Labute approximate surface area is 170 Å². The van der Waals surface area contributed by atoms with E-state index >= 15 is 0 Å². The summed E-state index contributed by atoms with van der Waals surface area (Å²) < 4.78 is 41.4. The lowest BCUT2D eigenvalue weighted by atomic mass is 9.78. The molecule has 0 bridgehead atoms. The molecule has 0 amide bonds. The van der Waals surface area contributed by atoms with Crippen molar-refractivity contribution in [1.29, 1.82) is 0 Å². The predicted molar refractivity (Wildman–Crippen MR) is 99.5 cm³/mol. The van der Waals surface area contributed by atoms with Crippen LogP contribution in [0, 0.1) is 16.0 Å². The van der Waals surface area contributed by atoms with Crippen molar-refractivity contribution >= 4 is 40.1 Å². The van der Waals surface area contributed by atoms with Gasteiger partial charge >= 0.3 is 11.9 Å². The number of benzene rings is 1. The van der Waals surface area contributed by atoms with E-state index in [0.29, 0.717) is 0 Å². The topological polar surface area (TPSA) is 125 Å². The highest BCUT2D eigenvalue weighted by molar-refractivity contribution is 7.80. The molecule has 4 N–H and O–H groups in total. The molecule has 1 aliphatic heterocycles. The number of thiocarbonyl (C=S) groups is 1. The van der Waals surface area contributed by atoms with Gasteiger partial charge < -0.3 is 20.8 Å². The average molecular weight is 447 g/mol. The summed E-state index contributed by atoms with van der Waals surface area (Å²) in [6.45, 7) is 0. The molecule has 3 unspecified atom stereocenters. The Kier molecular flexibility index (Phi) is 5.23. The lowest BCUT2D eigenvalue weighted by Crippen LogP contribution is -2.72. The number of aliphatic hydroxyl groups is 1. The molecule has 1 aromatic heterocycles. The van der Waals surface area contributed by atoms with Gasteiger partial charge in [0.1, 0.15) is 5.92 Å². The van der Waals surface area contributed by atoms with E-state index in [2.05, 4.69) is 5.32 Å². The third-order valence-corrected chi connectivity index (χ3v) is 5.51. The van der Waals surface area contributed by atoms with Crippen molar-refractivity contribution in [3.8, 4) is 5.75 Å². The Morgan fingerprint density at radius 1 is 1.34 bits per heavy atom. The SMILES string of the molecule is O=C(c1cccs1)C1C(c2ccc(O)c([N+](=O)[O-])c2)NC(=S)NC1(O)C(F)(F)F. The number of nitro benzene ring substituents is 1. The normalized spacial score (nSPS) is 24.5. The van der Waals surface area contributed by atoms with Gasteiger partial charge in [-0.1, -0.05) is 12.1 Å². The zero-order chi connectivity index (χ0) is 21.6. The van der Waals surface area contributed by atoms with E-state index in [9.17, 15) is 38.3 Å². The molecule has 0 radical (unpaired) electrons. The van der Waals surface area contributed by atoms with Crippen LogP contribution in [0.25, 0.3) is 0 Å². The highest BCUT2D eigenvalue weighted by atomic mass is 32.1. The number of carbonyl (C=O) groups is 1. The summed E-state index contributed by atoms with van der Waals surface area (Å²) in [5, 5.41) is 36.3. The Morgan fingerprint density at radius 3 is 2.59 bits per heavy atom. The van der Waals surface area contributed by atoms with Gasteiger partial charge in [0.25, 0.3) is 0 Å². The second-order valence-electron chi connectivity index (χ2n) is 6.16. The van der Waals surface area contributed by atoms with Crippen molar-refractivity contribution in [3.05, 3.63) is 56.3 Å². The molecular weight excluding hydrogens is 435 g/mol. The van der Waals surface area contributed by atoms with Crippen molar-refractivity contribution in [2.45, 2.75) is 17.9 Å². The number of ketones is 1. The minimum Gasteiger partial charge on any atom is -0.502 e. The number of hydrogen-bond donors (Lipinski definition) is 4. The third kappa shape index (κ3) is 3.63. The second kappa shape index (κ2) is 7.24. The number of rotatable bonds is 4. The first kappa shape index (κ1) is 21.0. The quantitative estimate of drug-likeness (QED) is 0.244. The molecule has 0 spiro atoms. The first-order valence-corrected chi connectivity index (χ1v) is 9.17. The van der Waals surface area contributed by atoms with Crippen LogP contribution in [-0.4, -0.2) is 37.9 Å². The molecule has 8 nitrogen and oxygen atoms in total. The van der Waals surface area contributed by atoms with Crippen molar-refractivity contribution < 1.29 is 33.1 Å². The molecule has 13 heteroatoms. The minimum absolute atomic E-state index is 0.0487.